The molecule has 0 amide bonds. The molecule has 4 fully saturated rings. The number of carbonyl (C=O) groups is 2. The lowest BCUT2D eigenvalue weighted by Crippen LogP contribution is -2.43. The van der Waals surface area contributed by atoms with Crippen molar-refractivity contribution >= 4 is 29.0 Å². The van der Waals surface area contributed by atoms with Gasteiger partial charge in [-0.25, -0.2) is 36.7 Å². The van der Waals surface area contributed by atoms with Gasteiger partial charge in [0.15, 0.2) is 61.2 Å². The lowest BCUT2D eigenvalue weighted by atomic mass is 10.1. The number of halogens is 4. The summed E-state index contributed by atoms with van der Waals surface area (Å²) in [6.45, 7) is 5.91. The molecule has 98 heavy (non-hydrogen) atoms. The number of aryl methyl sites for hydroxylation is 2. The Bertz CT molecular complexity index is 3870. The number of ether oxygens (including phenoxy) is 4. The van der Waals surface area contributed by atoms with Gasteiger partial charge >= 0.3 is 22.8 Å². The molecule has 0 aliphatic carbocycles. The Kier molecular flexibility index (Phi) is 27.6. The third-order valence-electron chi connectivity index (χ3n) is 15.6. The second kappa shape index (κ2) is 34.2. The second-order valence-corrected chi connectivity index (χ2v) is 22.2. The van der Waals surface area contributed by atoms with Crippen LogP contribution in [-0.2, 0) is 41.4 Å². The predicted octanol–water partition coefficient (Wildman–Crippen LogP) is 0.220. The normalized spacial score (nSPS) is 29.6. The first kappa shape index (κ1) is 79.2. The molecule has 42 nitrogen and oxygen atoms in total. The molecule has 0 spiro atoms. The maximum atomic E-state index is 14.4. The number of H-pyrrole nitrogens is 1. The minimum atomic E-state index is -2.24. The monoisotopic (exact) mass is 1400 g/mol. The third kappa shape index (κ3) is 17.1. The number of nitrogens with one attached hydrogen (secondary N) is 3. The van der Waals surface area contributed by atoms with Crippen LogP contribution in [0.15, 0.2) is 81.3 Å². The molecule has 18 atom stereocenters. The first-order chi connectivity index (χ1) is 46.3. The molecular weight excluding hydrogens is 1330 g/mol. The molecular formula is C52H71F4N23O19. The molecule has 536 valence electrons. The van der Waals surface area contributed by atoms with E-state index in [0.29, 0.717) is 24.8 Å². The van der Waals surface area contributed by atoms with Gasteiger partial charge in [0.25, 0.3) is 5.56 Å². The molecule has 4 aromatic heterocycles. The van der Waals surface area contributed by atoms with Crippen molar-refractivity contribution < 1.29 is 87.0 Å². The lowest BCUT2D eigenvalue weighted by molar-refractivity contribution is -0.124. The minimum absolute atomic E-state index is 0.0436. The number of nitrogens with zero attached hydrogens (tertiary/aromatic N) is 19. The number of aliphatic hydroxyl groups excluding tert-OH is 8. The molecule has 13 N–H and O–H groups in total. The molecule has 46 heteroatoms. The van der Waals surface area contributed by atoms with E-state index in [0.717, 1.165) is 56.1 Å². The van der Waals surface area contributed by atoms with Crippen LogP contribution >= 0.6 is 0 Å². The number of hydrogen-bond acceptors (Lipinski definition) is 29. The van der Waals surface area contributed by atoms with Crippen molar-refractivity contribution in [3.05, 3.63) is 142 Å². The molecule has 4 aliphatic rings. The maximum absolute atomic E-state index is 14.4. The van der Waals surface area contributed by atoms with E-state index in [1.165, 1.54) is 32.2 Å². The number of aliphatic hydroxyl groups is 8. The highest BCUT2D eigenvalue weighted by molar-refractivity contribution is 5.84. The highest BCUT2D eigenvalue weighted by Gasteiger charge is 2.59. The van der Waals surface area contributed by atoms with Gasteiger partial charge in [0.05, 0.1) is 38.5 Å². The van der Waals surface area contributed by atoms with Crippen molar-refractivity contribution in [2.45, 2.75) is 189 Å². The number of carbonyl (C=O) groups excluding carboxylic acids is 2. The number of ketones is 2. The van der Waals surface area contributed by atoms with E-state index in [4.69, 9.17) is 46.8 Å². The number of aromatic amines is 1. The number of aromatic nitrogens is 8. The molecule has 0 bridgehead atoms. The highest BCUT2D eigenvalue weighted by Crippen LogP contribution is 2.43. The Morgan fingerprint density at radius 3 is 1.18 bits per heavy atom. The lowest BCUT2D eigenvalue weighted by Gasteiger charge is -2.23. The molecule has 0 radical (unpaired) electrons. The van der Waals surface area contributed by atoms with Gasteiger partial charge < -0.3 is 76.2 Å². The zero-order valence-corrected chi connectivity index (χ0v) is 52.8. The average molecular weight is 1400 g/mol. The smallest absolute Gasteiger partial charge is 0.351 e. The number of nitrogen functional groups attached to an aromatic ring is 1. The highest BCUT2D eigenvalue weighted by atomic mass is 19.1. The molecule has 8 rings (SSSR count). The van der Waals surface area contributed by atoms with Crippen molar-refractivity contribution in [1.82, 2.24) is 38.2 Å². The van der Waals surface area contributed by atoms with E-state index < -0.39 is 164 Å². The van der Waals surface area contributed by atoms with Crippen LogP contribution in [0.25, 0.3) is 41.8 Å². The van der Waals surface area contributed by atoms with Crippen molar-refractivity contribution in [3.63, 3.8) is 0 Å². The Morgan fingerprint density at radius 1 is 0.571 bits per heavy atom. The largest absolute Gasteiger partial charge is 0.393 e. The van der Waals surface area contributed by atoms with Crippen LogP contribution in [0.5, 0.6) is 0 Å². The summed E-state index contributed by atoms with van der Waals surface area (Å²) in [5.74, 6) is -0.0943. The summed E-state index contributed by atoms with van der Waals surface area (Å²) in [4.78, 5) is 105. The quantitative estimate of drug-likeness (QED) is 0.0193. The molecule has 0 aromatic carbocycles. The van der Waals surface area contributed by atoms with Crippen LogP contribution in [0.4, 0.5) is 35.0 Å². The van der Waals surface area contributed by atoms with E-state index in [2.05, 4.69) is 70.7 Å². The average Bonchev–Trinajstić information content (AvgIpc) is 1.64. The number of Topliss-reactive ketones (excluding diaryl/α,β-unsaturated/α-hetero) is 2. The van der Waals surface area contributed by atoms with Gasteiger partial charge in [-0.2, -0.15) is 15.0 Å². The number of anilines is 3. The predicted molar refractivity (Wildman–Crippen MR) is 326 cm³/mol. The number of alkyl halides is 4. The van der Waals surface area contributed by atoms with Gasteiger partial charge in [0.2, 0.25) is 22.9 Å². The van der Waals surface area contributed by atoms with Gasteiger partial charge in [-0.05, 0) is 87.6 Å². The Balaban J connectivity index is 0.000000236. The molecule has 8 heterocycles. The number of unbranched alkanes of at least 4 members (excludes halogenated alkanes) is 2. The van der Waals surface area contributed by atoms with E-state index in [1.807, 2.05) is 13.8 Å². The Labute approximate surface area is 547 Å². The molecule has 4 saturated heterocycles. The van der Waals surface area contributed by atoms with Crippen molar-refractivity contribution in [2.75, 3.05) is 42.8 Å². The summed E-state index contributed by atoms with van der Waals surface area (Å²) in [6.07, 6.45) is -14.1. The summed E-state index contributed by atoms with van der Waals surface area (Å²) < 4.78 is 81.4. The fourth-order valence-electron chi connectivity index (χ4n) is 9.66. The number of rotatable bonds is 24. The van der Waals surface area contributed by atoms with E-state index >= 15 is 0 Å². The van der Waals surface area contributed by atoms with E-state index in [1.54, 1.807) is 13.8 Å². The van der Waals surface area contributed by atoms with Crippen LogP contribution in [0, 0.1) is 0 Å². The van der Waals surface area contributed by atoms with Crippen LogP contribution in [-0.4, -0.2) is 201 Å². The summed E-state index contributed by atoms with van der Waals surface area (Å²) in [7, 11) is 0. The van der Waals surface area contributed by atoms with Crippen LogP contribution in [0.3, 0.4) is 0 Å². The zero-order valence-electron chi connectivity index (χ0n) is 52.8. The SMILES string of the molecule is CC(=O)C(C)Nc1ccn(C2O[C@@](CO)(N=[N+]=[N-])C(O)[C@@H]2F)c(=O)n1.CC(=O)C(C)Nc1ccn(C2O[C@@](CO)(N=[N+]=[N-])C(O)[C@@H]2F)c(=O)n1.CCCCc1cn([C@@H]2O[C@@](CO)(N=[N+]=[N-])[C@@H](O)[C@@H]2F)c(=O)[nH]c1=O.CCCCc1cn([C@@H]2O[C@@](CO)(N=[N+]=[N-])[C@@H](O)[C@@H]2F)c(=O)nc1N. The maximum Gasteiger partial charge on any atom is 0.351 e. The molecule has 4 aliphatic heterocycles. The fraction of sp³-hybridized carbons (Fsp3) is 0.654. The number of nitrogens with two attached hydrogens (primary N) is 1. The molecule has 6 unspecified atom stereocenters. The van der Waals surface area contributed by atoms with Gasteiger partial charge in [0.1, 0.15) is 41.9 Å². The van der Waals surface area contributed by atoms with Crippen molar-refractivity contribution in [2.24, 2.45) is 20.5 Å². The number of azide groups is 4. The summed E-state index contributed by atoms with van der Waals surface area (Å²) in [6, 6.07) is 1.48. The van der Waals surface area contributed by atoms with Crippen LogP contribution in [0.2, 0.25) is 0 Å². The van der Waals surface area contributed by atoms with Crippen LogP contribution < -0.4 is 44.7 Å². The fourth-order valence-corrected chi connectivity index (χ4v) is 9.66. The Hall–Kier alpha value is -9.46. The van der Waals surface area contributed by atoms with E-state index in [9.17, 15) is 92.0 Å². The van der Waals surface area contributed by atoms with Crippen molar-refractivity contribution in [3.8, 4) is 0 Å². The summed E-state index contributed by atoms with van der Waals surface area (Å²) >= 11 is 0. The van der Waals surface area contributed by atoms with Crippen molar-refractivity contribution in [1.29, 1.82) is 0 Å². The summed E-state index contributed by atoms with van der Waals surface area (Å²) in [5.41, 5.74) is 27.5. The minimum Gasteiger partial charge on any atom is -0.393 e. The number of hydrogen-bond donors (Lipinski definition) is 12. The van der Waals surface area contributed by atoms with Gasteiger partial charge in [0, 0.05) is 55.6 Å². The van der Waals surface area contributed by atoms with E-state index in [-0.39, 0.29) is 34.6 Å². The van der Waals surface area contributed by atoms with Gasteiger partial charge in [-0.3, -0.25) is 37.6 Å². The standard InChI is InChI=1S/2C13H17FN6O5.C13H19FN6O4.C13H18FN5O5/c2*1-6(7(2)22)16-8-3-4-20(12(24)17-8)11-9(14)10(23)13(5-21,25-11)18-19-15;1-2-3-4-7-5-20(12(23)17-10(7)15)11-8(14)9(22)13(6-21,24-11)18-19-16;1-2-3-4-7-5-19(12(23)16-10(7)22)11-8(14)9(21)13(6-20,24-11)17-18-15/h2*3-4,6,9-11,21,23H,5H2,1-2H3,(H,16,17,24);5,8-9,11,21-22H,2-4,6H2,1H3,(H2,15,17,23);5,8-9,11,20-21H,2-4,6H2,1H3,(H,16,22,23)/t2*6?,9-,10?,11?,13+;2*8-,9-,11+,13+/m0000/s1. The van der Waals surface area contributed by atoms with Crippen LogP contribution in [0.1, 0.15) is 103 Å². The van der Waals surface area contributed by atoms with Gasteiger partial charge in [-0.1, -0.05) is 47.1 Å². The molecule has 4 aromatic rings. The third-order valence-corrected chi connectivity index (χ3v) is 15.6. The second-order valence-electron chi connectivity index (χ2n) is 22.2. The van der Waals surface area contributed by atoms with Gasteiger partial charge in [-0.15, -0.1) is 0 Å². The Morgan fingerprint density at radius 2 is 0.878 bits per heavy atom. The first-order valence-electron chi connectivity index (χ1n) is 29.4. The molecule has 0 saturated carbocycles. The topological polar surface area (TPSA) is 638 Å². The zero-order chi connectivity index (χ0) is 73.4. The summed E-state index contributed by atoms with van der Waals surface area (Å²) in [5, 5.41) is 94.8. The first-order valence-corrected chi connectivity index (χ1v) is 29.4.